The summed E-state index contributed by atoms with van der Waals surface area (Å²) in [7, 11) is 1.66. The van der Waals surface area contributed by atoms with Crippen LogP contribution in [0.2, 0.25) is 0 Å². The summed E-state index contributed by atoms with van der Waals surface area (Å²) < 4.78 is 6.37. The molecular weight excluding hydrogens is 410 g/mol. The zero-order chi connectivity index (χ0) is 20.4. The number of carbonyl (C=O) groups is 2. The first-order valence-electron chi connectivity index (χ1n) is 9.25. The fourth-order valence-corrected chi connectivity index (χ4v) is 5.08. The van der Waals surface area contributed by atoms with Gasteiger partial charge in [-0.15, -0.1) is 11.3 Å². The van der Waals surface area contributed by atoms with E-state index in [0.717, 1.165) is 47.0 Å². The summed E-state index contributed by atoms with van der Waals surface area (Å²) in [5.41, 5.74) is 6.72. The van der Waals surface area contributed by atoms with Crippen LogP contribution in [0.25, 0.3) is 10.2 Å². The molecule has 29 heavy (non-hydrogen) atoms. The molecule has 3 N–H and O–H groups in total. The highest BCUT2D eigenvalue weighted by Crippen LogP contribution is 2.33. The highest BCUT2D eigenvalue weighted by atomic mass is 32.1. The minimum atomic E-state index is -0.436. The van der Waals surface area contributed by atoms with Crippen molar-refractivity contribution in [1.29, 1.82) is 0 Å². The quantitative estimate of drug-likeness (QED) is 0.621. The number of nitrogens with one attached hydrogen (secondary N) is 1. The summed E-state index contributed by atoms with van der Waals surface area (Å²) in [4.78, 5) is 34.7. The minimum absolute atomic E-state index is 0.0290. The number of amides is 2. The second-order valence-electron chi connectivity index (χ2n) is 6.87. The van der Waals surface area contributed by atoms with E-state index in [1.54, 1.807) is 23.8 Å². The number of primary amides is 1. The van der Waals surface area contributed by atoms with Crippen LogP contribution in [-0.4, -0.2) is 42.0 Å². The van der Waals surface area contributed by atoms with Crippen molar-refractivity contribution >= 4 is 55.0 Å². The molecule has 8 nitrogen and oxygen atoms in total. The molecular formula is C19H21N5O3S2. The van der Waals surface area contributed by atoms with Crippen molar-refractivity contribution in [3.8, 4) is 5.75 Å². The number of fused-ring (bicyclic) bond motifs is 1. The molecule has 0 radical (unpaired) electrons. The summed E-state index contributed by atoms with van der Waals surface area (Å²) in [5.74, 6) is 0.293. The third kappa shape index (κ3) is 4.48. The van der Waals surface area contributed by atoms with E-state index < -0.39 is 5.91 Å². The molecule has 0 bridgehead atoms. The van der Waals surface area contributed by atoms with Gasteiger partial charge in [-0.1, -0.05) is 11.3 Å². The summed E-state index contributed by atoms with van der Waals surface area (Å²) in [6.07, 6.45) is 1.59. The number of ether oxygens (including phenoxy) is 1. The second-order valence-corrected chi connectivity index (χ2v) is 8.73. The Bertz CT molecular complexity index is 1040. The van der Waals surface area contributed by atoms with Crippen molar-refractivity contribution in [2.45, 2.75) is 19.3 Å². The van der Waals surface area contributed by atoms with Crippen LogP contribution in [0.15, 0.2) is 23.6 Å². The Morgan fingerprint density at radius 2 is 2.10 bits per heavy atom. The maximum absolute atomic E-state index is 12.6. The topological polar surface area (TPSA) is 110 Å². The van der Waals surface area contributed by atoms with Gasteiger partial charge in [-0.2, -0.15) is 0 Å². The second kappa shape index (κ2) is 8.34. The molecule has 1 saturated heterocycles. The number of carbonyl (C=O) groups excluding carboxylic acids is 2. The first kappa shape index (κ1) is 19.6. The number of thiazole rings is 2. The first-order chi connectivity index (χ1) is 14.0. The Kier molecular flexibility index (Phi) is 5.63. The minimum Gasteiger partial charge on any atom is -0.497 e. The monoisotopic (exact) mass is 431 g/mol. The zero-order valence-corrected chi connectivity index (χ0v) is 17.5. The lowest BCUT2D eigenvalue weighted by atomic mass is 9.96. The van der Waals surface area contributed by atoms with E-state index in [2.05, 4.69) is 15.2 Å². The molecule has 4 rings (SSSR count). The summed E-state index contributed by atoms with van der Waals surface area (Å²) in [5, 5.41) is 6.09. The molecule has 0 atom stereocenters. The molecule has 2 aromatic heterocycles. The van der Waals surface area contributed by atoms with Gasteiger partial charge in [0, 0.05) is 24.4 Å². The van der Waals surface area contributed by atoms with E-state index in [4.69, 9.17) is 15.5 Å². The van der Waals surface area contributed by atoms with E-state index in [9.17, 15) is 9.59 Å². The van der Waals surface area contributed by atoms with Gasteiger partial charge < -0.3 is 20.7 Å². The number of hydrogen-bond donors (Lipinski definition) is 2. The number of benzene rings is 1. The lowest BCUT2D eigenvalue weighted by Crippen LogP contribution is -2.38. The van der Waals surface area contributed by atoms with Crippen LogP contribution < -0.4 is 20.7 Å². The molecule has 1 aromatic carbocycles. The standard InChI is InChI=1S/C19H21N5O3S2/c1-27-13-2-3-14-15(9-13)29-19(22-14)24-6-4-11(5-7-24)17(26)23-18-21-12(10-28-18)8-16(20)25/h2-3,9-11H,4-8H2,1H3,(H2,20,25)(H,21,23,26). The summed E-state index contributed by atoms with van der Waals surface area (Å²) in [6, 6.07) is 5.88. The van der Waals surface area contributed by atoms with Crippen molar-refractivity contribution in [3.05, 3.63) is 29.3 Å². The maximum atomic E-state index is 12.6. The summed E-state index contributed by atoms with van der Waals surface area (Å²) in [6.45, 7) is 1.56. The Morgan fingerprint density at radius 3 is 2.83 bits per heavy atom. The highest BCUT2D eigenvalue weighted by Gasteiger charge is 2.27. The van der Waals surface area contributed by atoms with Crippen LogP contribution in [0.5, 0.6) is 5.75 Å². The Labute approximate surface area is 175 Å². The van der Waals surface area contributed by atoms with E-state index in [1.165, 1.54) is 11.3 Å². The molecule has 3 aromatic rings. The maximum Gasteiger partial charge on any atom is 0.229 e. The number of anilines is 2. The van der Waals surface area contributed by atoms with Crippen LogP contribution >= 0.6 is 22.7 Å². The fourth-order valence-electron chi connectivity index (χ4n) is 3.32. The zero-order valence-electron chi connectivity index (χ0n) is 15.9. The van der Waals surface area contributed by atoms with Crippen molar-refractivity contribution in [2.75, 3.05) is 30.4 Å². The Balaban J connectivity index is 1.34. The van der Waals surface area contributed by atoms with Crippen LogP contribution in [0, 0.1) is 5.92 Å². The molecule has 2 amide bonds. The predicted molar refractivity (Wildman–Crippen MR) is 115 cm³/mol. The molecule has 152 valence electrons. The number of nitrogens with two attached hydrogens (primary N) is 1. The number of hydrogen-bond acceptors (Lipinski definition) is 8. The van der Waals surface area contributed by atoms with E-state index in [0.29, 0.717) is 10.8 Å². The molecule has 10 heteroatoms. The molecule has 1 aliphatic rings. The van der Waals surface area contributed by atoms with Crippen molar-refractivity contribution < 1.29 is 14.3 Å². The van der Waals surface area contributed by atoms with Gasteiger partial charge in [0.05, 0.1) is 29.4 Å². The molecule has 3 heterocycles. The van der Waals surface area contributed by atoms with Crippen LogP contribution in [0.3, 0.4) is 0 Å². The van der Waals surface area contributed by atoms with Crippen LogP contribution in [-0.2, 0) is 16.0 Å². The van der Waals surface area contributed by atoms with Gasteiger partial charge in [0.25, 0.3) is 0 Å². The lowest BCUT2D eigenvalue weighted by Gasteiger charge is -2.30. The highest BCUT2D eigenvalue weighted by molar-refractivity contribution is 7.22. The van der Waals surface area contributed by atoms with Gasteiger partial charge in [-0.05, 0) is 31.0 Å². The molecule has 0 unspecified atom stereocenters. The number of nitrogens with zero attached hydrogens (tertiary/aromatic N) is 3. The molecule has 0 saturated carbocycles. The third-order valence-corrected chi connectivity index (χ3v) is 6.74. The van der Waals surface area contributed by atoms with E-state index >= 15 is 0 Å². The lowest BCUT2D eigenvalue weighted by molar-refractivity contribution is -0.120. The third-order valence-electron chi connectivity index (χ3n) is 4.86. The normalized spacial score (nSPS) is 14.9. The van der Waals surface area contributed by atoms with Crippen molar-refractivity contribution in [1.82, 2.24) is 9.97 Å². The largest absolute Gasteiger partial charge is 0.497 e. The van der Waals surface area contributed by atoms with Crippen molar-refractivity contribution in [3.63, 3.8) is 0 Å². The molecule has 0 aliphatic carbocycles. The van der Waals surface area contributed by atoms with Gasteiger partial charge in [-0.25, -0.2) is 9.97 Å². The van der Waals surface area contributed by atoms with Gasteiger partial charge in [0.2, 0.25) is 11.8 Å². The van der Waals surface area contributed by atoms with E-state index in [-0.39, 0.29) is 18.2 Å². The first-order valence-corrected chi connectivity index (χ1v) is 10.9. The SMILES string of the molecule is COc1ccc2nc(N3CCC(C(=O)Nc4nc(CC(N)=O)cs4)CC3)sc2c1. The van der Waals surface area contributed by atoms with Crippen molar-refractivity contribution in [2.24, 2.45) is 11.7 Å². The number of methoxy groups -OCH3 is 1. The Hall–Kier alpha value is -2.72. The average molecular weight is 432 g/mol. The smallest absolute Gasteiger partial charge is 0.229 e. The average Bonchev–Trinajstić information content (AvgIpc) is 3.33. The number of piperidine rings is 1. The Morgan fingerprint density at radius 1 is 1.31 bits per heavy atom. The fraction of sp³-hybridized carbons (Fsp3) is 0.368. The number of aromatic nitrogens is 2. The van der Waals surface area contributed by atoms with Gasteiger partial charge in [0.15, 0.2) is 10.3 Å². The molecule has 0 spiro atoms. The number of rotatable bonds is 6. The van der Waals surface area contributed by atoms with Crippen LogP contribution in [0.4, 0.5) is 10.3 Å². The van der Waals surface area contributed by atoms with Crippen LogP contribution in [0.1, 0.15) is 18.5 Å². The molecule has 1 fully saturated rings. The van der Waals surface area contributed by atoms with Gasteiger partial charge in [-0.3, -0.25) is 9.59 Å². The predicted octanol–water partition coefficient (Wildman–Crippen LogP) is 2.64. The van der Waals surface area contributed by atoms with Gasteiger partial charge in [0.1, 0.15) is 5.75 Å². The van der Waals surface area contributed by atoms with E-state index in [1.807, 2.05) is 18.2 Å². The summed E-state index contributed by atoms with van der Waals surface area (Å²) >= 11 is 2.95. The van der Waals surface area contributed by atoms with Gasteiger partial charge >= 0.3 is 0 Å². The molecule has 1 aliphatic heterocycles.